The molecule has 1 aromatic carbocycles. The summed E-state index contributed by atoms with van der Waals surface area (Å²) in [4.78, 5) is 0. The molecule has 3 nitrogen and oxygen atoms in total. The fraction of sp³-hybridized carbons (Fsp3) is 0.286. The van der Waals surface area contributed by atoms with Gasteiger partial charge in [-0.25, -0.2) is 0 Å². The lowest BCUT2D eigenvalue weighted by molar-refractivity contribution is 0.169. The summed E-state index contributed by atoms with van der Waals surface area (Å²) in [5, 5.41) is 13.3. The first-order chi connectivity index (χ1) is 8.66. The Kier molecular flexibility index (Phi) is 4.58. The van der Waals surface area contributed by atoms with Crippen LogP contribution in [0, 0.1) is 0 Å². The van der Waals surface area contributed by atoms with Gasteiger partial charge in [-0.2, -0.15) is 0 Å². The van der Waals surface area contributed by atoms with Crippen LogP contribution in [0.2, 0.25) is 0 Å². The lowest BCUT2D eigenvalue weighted by Gasteiger charge is -2.15. The van der Waals surface area contributed by atoms with Gasteiger partial charge in [0.05, 0.1) is 12.1 Å². The molecule has 2 rings (SSSR count). The van der Waals surface area contributed by atoms with Gasteiger partial charge in [-0.3, -0.25) is 0 Å². The average Bonchev–Trinajstić information content (AvgIpc) is 2.83. The highest BCUT2D eigenvalue weighted by atomic mass is 79.9. The summed E-state index contributed by atoms with van der Waals surface area (Å²) in [6.07, 6.45) is -0.507. The van der Waals surface area contributed by atoms with Crippen LogP contribution in [0.15, 0.2) is 51.6 Å². The number of furan rings is 1. The van der Waals surface area contributed by atoms with Gasteiger partial charge in [-0.15, -0.1) is 0 Å². The van der Waals surface area contributed by atoms with Crippen LogP contribution < -0.4 is 5.32 Å². The van der Waals surface area contributed by atoms with Gasteiger partial charge in [0.15, 0.2) is 4.67 Å². The predicted octanol–water partition coefficient (Wildman–Crippen LogP) is 3.43. The molecule has 0 bridgehead atoms. The minimum absolute atomic E-state index is 0.0645. The molecule has 1 heterocycles. The van der Waals surface area contributed by atoms with E-state index in [1.807, 2.05) is 49.4 Å². The van der Waals surface area contributed by atoms with Crippen LogP contribution >= 0.6 is 15.9 Å². The smallest absolute Gasteiger partial charge is 0.169 e. The number of aliphatic hydroxyl groups excluding tert-OH is 1. The monoisotopic (exact) mass is 309 g/mol. The summed E-state index contributed by atoms with van der Waals surface area (Å²) in [6, 6.07) is 13.5. The lowest BCUT2D eigenvalue weighted by Crippen LogP contribution is -2.24. The van der Waals surface area contributed by atoms with Crippen molar-refractivity contribution in [3.05, 3.63) is 58.5 Å². The Morgan fingerprint density at radius 3 is 2.56 bits per heavy atom. The number of rotatable bonds is 5. The quantitative estimate of drug-likeness (QED) is 0.889. The molecule has 0 radical (unpaired) electrons. The van der Waals surface area contributed by atoms with E-state index in [2.05, 4.69) is 21.2 Å². The van der Waals surface area contributed by atoms with Crippen LogP contribution in [0.25, 0.3) is 0 Å². The number of benzene rings is 1. The Labute approximate surface area is 115 Å². The van der Waals surface area contributed by atoms with E-state index in [-0.39, 0.29) is 6.04 Å². The van der Waals surface area contributed by atoms with E-state index in [4.69, 9.17) is 4.42 Å². The van der Waals surface area contributed by atoms with Crippen molar-refractivity contribution in [3.63, 3.8) is 0 Å². The van der Waals surface area contributed by atoms with E-state index in [0.717, 1.165) is 16.0 Å². The number of halogens is 1. The van der Waals surface area contributed by atoms with Crippen LogP contribution in [0.3, 0.4) is 0 Å². The molecule has 18 heavy (non-hydrogen) atoms. The fourth-order valence-corrected chi connectivity index (χ4v) is 2.06. The summed E-state index contributed by atoms with van der Waals surface area (Å²) in [6.45, 7) is 2.49. The van der Waals surface area contributed by atoms with Gasteiger partial charge < -0.3 is 14.8 Å². The summed E-state index contributed by atoms with van der Waals surface area (Å²) < 4.78 is 6.17. The SMILES string of the molecule is CC(NCC(O)c1ccccc1)c1ccc(Br)o1. The predicted molar refractivity (Wildman–Crippen MR) is 74.2 cm³/mol. The van der Waals surface area contributed by atoms with E-state index in [9.17, 15) is 5.11 Å². The van der Waals surface area contributed by atoms with Gasteiger partial charge in [0.2, 0.25) is 0 Å². The van der Waals surface area contributed by atoms with Crippen molar-refractivity contribution in [3.8, 4) is 0 Å². The highest BCUT2D eigenvalue weighted by Crippen LogP contribution is 2.20. The van der Waals surface area contributed by atoms with Crippen molar-refractivity contribution in [2.24, 2.45) is 0 Å². The Morgan fingerprint density at radius 1 is 1.22 bits per heavy atom. The number of hydrogen-bond donors (Lipinski definition) is 2. The van der Waals surface area contributed by atoms with E-state index < -0.39 is 6.10 Å². The Balaban J connectivity index is 1.88. The maximum absolute atomic E-state index is 10.0. The molecule has 0 fully saturated rings. The van der Waals surface area contributed by atoms with Crippen LogP contribution in [-0.4, -0.2) is 11.7 Å². The molecule has 0 saturated carbocycles. The van der Waals surface area contributed by atoms with Crippen molar-refractivity contribution in [1.29, 1.82) is 0 Å². The molecule has 0 spiro atoms. The van der Waals surface area contributed by atoms with Gasteiger partial charge in [0.25, 0.3) is 0 Å². The lowest BCUT2D eigenvalue weighted by atomic mass is 10.1. The van der Waals surface area contributed by atoms with Crippen molar-refractivity contribution in [2.45, 2.75) is 19.1 Å². The molecular formula is C14H16BrNO2. The first-order valence-electron chi connectivity index (χ1n) is 5.88. The maximum atomic E-state index is 10.0. The second-order valence-electron chi connectivity index (χ2n) is 4.20. The van der Waals surface area contributed by atoms with Crippen LogP contribution in [-0.2, 0) is 0 Å². The van der Waals surface area contributed by atoms with Crippen molar-refractivity contribution in [2.75, 3.05) is 6.54 Å². The molecule has 4 heteroatoms. The zero-order valence-corrected chi connectivity index (χ0v) is 11.7. The van der Waals surface area contributed by atoms with E-state index in [1.54, 1.807) is 0 Å². The van der Waals surface area contributed by atoms with Crippen molar-refractivity contribution < 1.29 is 9.52 Å². The molecule has 2 atom stereocenters. The Morgan fingerprint density at radius 2 is 1.94 bits per heavy atom. The normalized spacial score (nSPS) is 14.4. The zero-order chi connectivity index (χ0) is 13.0. The van der Waals surface area contributed by atoms with E-state index in [0.29, 0.717) is 6.54 Å². The second-order valence-corrected chi connectivity index (χ2v) is 4.98. The Bertz CT molecular complexity index is 484. The number of nitrogens with one attached hydrogen (secondary N) is 1. The Hall–Kier alpha value is -1.10. The van der Waals surface area contributed by atoms with Crippen molar-refractivity contribution >= 4 is 15.9 Å². The number of aliphatic hydroxyl groups is 1. The molecular weight excluding hydrogens is 294 g/mol. The van der Waals surface area contributed by atoms with Gasteiger partial charge >= 0.3 is 0 Å². The van der Waals surface area contributed by atoms with E-state index >= 15 is 0 Å². The third-order valence-corrected chi connectivity index (χ3v) is 3.25. The summed E-state index contributed by atoms with van der Waals surface area (Å²) in [5.41, 5.74) is 0.915. The third-order valence-electron chi connectivity index (χ3n) is 2.82. The first-order valence-corrected chi connectivity index (χ1v) is 6.67. The molecule has 0 aliphatic carbocycles. The molecule has 2 unspecified atom stereocenters. The van der Waals surface area contributed by atoms with E-state index in [1.165, 1.54) is 0 Å². The minimum Gasteiger partial charge on any atom is -0.453 e. The topological polar surface area (TPSA) is 45.4 Å². The molecule has 0 aliphatic rings. The summed E-state index contributed by atoms with van der Waals surface area (Å²) in [5.74, 6) is 0.849. The fourth-order valence-electron chi connectivity index (χ4n) is 1.74. The third kappa shape index (κ3) is 3.45. The largest absolute Gasteiger partial charge is 0.453 e. The van der Waals surface area contributed by atoms with Gasteiger partial charge in [-0.05, 0) is 40.5 Å². The summed E-state index contributed by atoms with van der Waals surface area (Å²) in [7, 11) is 0. The van der Waals surface area contributed by atoms with Crippen molar-refractivity contribution in [1.82, 2.24) is 5.32 Å². The molecule has 0 amide bonds. The first kappa shape index (κ1) is 13.3. The van der Waals surface area contributed by atoms with Crippen LogP contribution in [0.1, 0.15) is 30.4 Å². The van der Waals surface area contributed by atoms with Gasteiger partial charge in [0.1, 0.15) is 5.76 Å². The zero-order valence-electron chi connectivity index (χ0n) is 10.1. The highest BCUT2D eigenvalue weighted by Gasteiger charge is 2.12. The summed E-state index contributed by atoms with van der Waals surface area (Å²) >= 11 is 3.27. The minimum atomic E-state index is -0.507. The highest BCUT2D eigenvalue weighted by molar-refractivity contribution is 9.10. The average molecular weight is 310 g/mol. The molecule has 0 saturated heterocycles. The molecule has 2 aromatic rings. The van der Waals surface area contributed by atoms with Gasteiger partial charge in [-0.1, -0.05) is 30.3 Å². The molecule has 0 aliphatic heterocycles. The maximum Gasteiger partial charge on any atom is 0.169 e. The molecule has 1 aromatic heterocycles. The van der Waals surface area contributed by atoms with Crippen LogP contribution in [0.5, 0.6) is 0 Å². The molecule has 96 valence electrons. The standard InChI is InChI=1S/C14H16BrNO2/c1-10(13-7-8-14(15)18-13)16-9-12(17)11-5-3-2-4-6-11/h2-8,10,12,16-17H,9H2,1H3. The van der Waals surface area contributed by atoms with Crippen LogP contribution in [0.4, 0.5) is 0 Å². The molecule has 2 N–H and O–H groups in total. The number of hydrogen-bond acceptors (Lipinski definition) is 3. The second kappa shape index (κ2) is 6.18. The van der Waals surface area contributed by atoms with Gasteiger partial charge in [0, 0.05) is 6.54 Å².